The predicted octanol–water partition coefficient (Wildman–Crippen LogP) is 5.60. The summed E-state index contributed by atoms with van der Waals surface area (Å²) >= 11 is 5.86. The number of benzene rings is 2. The van der Waals surface area contributed by atoms with Gasteiger partial charge in [0.1, 0.15) is 11.4 Å². The summed E-state index contributed by atoms with van der Waals surface area (Å²) in [7, 11) is 0. The Kier molecular flexibility index (Phi) is 11.4. The average molecular weight is 617 g/mol. The van der Waals surface area contributed by atoms with E-state index in [1.165, 1.54) is 0 Å². The van der Waals surface area contributed by atoms with Crippen molar-refractivity contribution in [3.05, 3.63) is 64.7 Å². The molecule has 2 aromatic carbocycles. The molecule has 0 bridgehead atoms. The van der Waals surface area contributed by atoms with Crippen LogP contribution in [0.1, 0.15) is 76.2 Å². The van der Waals surface area contributed by atoms with Crippen LogP contribution in [0.4, 0.5) is 4.79 Å². The zero-order valence-corrected chi connectivity index (χ0v) is 26.2. The Morgan fingerprint density at radius 3 is 2.09 bits per heavy atom. The monoisotopic (exact) mass is 616 g/mol. The quantitative estimate of drug-likeness (QED) is 0.233. The molecule has 0 aromatic heterocycles. The molecule has 0 saturated heterocycles. The zero-order chi connectivity index (χ0) is 31.7. The van der Waals surface area contributed by atoms with Crippen molar-refractivity contribution in [3.63, 3.8) is 0 Å². The normalized spacial score (nSPS) is 14.4. The third-order valence-corrected chi connectivity index (χ3v) is 7.19. The standard InChI is InChI=1S/C32H41ClN2O8/c1-30(2,3)43-29(39)35-20-32(17-6-7-18-32)28(38)41-21-40-27(37)31(4,5)42-25-14-8-22(9-15-25)16-19-34-26(36)23-10-12-24(33)13-11-23/h8-15H,6-7,16-21H2,1-5H3,(H,34,36)(H,35,39). The van der Waals surface area contributed by atoms with Gasteiger partial charge in [0, 0.05) is 23.7 Å². The summed E-state index contributed by atoms with van der Waals surface area (Å²) in [5.41, 5.74) is -1.40. The summed E-state index contributed by atoms with van der Waals surface area (Å²) in [6.45, 7) is 8.34. The average Bonchev–Trinajstić information content (AvgIpc) is 3.42. The van der Waals surface area contributed by atoms with Gasteiger partial charge in [-0.2, -0.15) is 0 Å². The molecule has 11 heteroatoms. The minimum atomic E-state index is -1.36. The Labute approximate surface area is 257 Å². The summed E-state index contributed by atoms with van der Waals surface area (Å²) in [6, 6.07) is 13.8. The van der Waals surface area contributed by atoms with E-state index in [0.717, 1.165) is 18.4 Å². The van der Waals surface area contributed by atoms with Crippen molar-refractivity contribution < 1.29 is 38.1 Å². The Morgan fingerprint density at radius 2 is 1.49 bits per heavy atom. The first-order valence-electron chi connectivity index (χ1n) is 14.3. The van der Waals surface area contributed by atoms with Gasteiger partial charge in [-0.3, -0.25) is 9.59 Å². The molecule has 2 amide bonds. The molecule has 1 aliphatic rings. The number of carbonyl (C=O) groups is 4. The van der Waals surface area contributed by atoms with Gasteiger partial charge < -0.3 is 29.6 Å². The Balaban J connectivity index is 1.43. The first kappa shape index (κ1) is 33.7. The predicted molar refractivity (Wildman–Crippen MR) is 161 cm³/mol. The molecule has 3 rings (SSSR count). The number of nitrogens with one attached hydrogen (secondary N) is 2. The number of amides is 2. The van der Waals surface area contributed by atoms with E-state index in [-0.39, 0.29) is 12.5 Å². The molecule has 2 N–H and O–H groups in total. The fourth-order valence-corrected chi connectivity index (χ4v) is 4.73. The van der Waals surface area contributed by atoms with Crippen molar-refractivity contribution in [3.8, 4) is 5.75 Å². The number of carbonyl (C=O) groups excluding carboxylic acids is 4. The first-order valence-corrected chi connectivity index (χ1v) is 14.7. The molecule has 0 radical (unpaired) electrons. The van der Waals surface area contributed by atoms with Crippen LogP contribution >= 0.6 is 11.6 Å². The van der Waals surface area contributed by atoms with E-state index in [0.29, 0.717) is 42.1 Å². The Bertz CT molecular complexity index is 1260. The summed E-state index contributed by atoms with van der Waals surface area (Å²) < 4.78 is 21.7. The lowest BCUT2D eigenvalue weighted by molar-refractivity contribution is -0.182. The third kappa shape index (κ3) is 10.5. The van der Waals surface area contributed by atoms with Crippen molar-refractivity contribution in [1.82, 2.24) is 10.6 Å². The fourth-order valence-electron chi connectivity index (χ4n) is 4.61. The summed E-state index contributed by atoms with van der Waals surface area (Å²) in [4.78, 5) is 50.0. The molecule has 0 heterocycles. The lowest BCUT2D eigenvalue weighted by Gasteiger charge is -2.28. The number of hydrogen-bond acceptors (Lipinski definition) is 8. The molecular weight excluding hydrogens is 576 g/mol. The molecule has 234 valence electrons. The molecule has 0 spiro atoms. The maximum absolute atomic E-state index is 13.0. The van der Waals surface area contributed by atoms with Crippen molar-refractivity contribution >= 4 is 35.5 Å². The van der Waals surface area contributed by atoms with Gasteiger partial charge in [-0.05, 0) is 95.8 Å². The molecule has 1 aliphatic carbocycles. The summed E-state index contributed by atoms with van der Waals surface area (Å²) in [6.07, 6.45) is 2.74. The molecular formula is C32H41ClN2O8. The van der Waals surface area contributed by atoms with Gasteiger partial charge in [-0.15, -0.1) is 0 Å². The highest BCUT2D eigenvalue weighted by Crippen LogP contribution is 2.39. The minimum Gasteiger partial charge on any atom is -0.476 e. The van der Waals surface area contributed by atoms with Crippen LogP contribution in [-0.4, -0.2) is 55.0 Å². The van der Waals surface area contributed by atoms with E-state index in [2.05, 4.69) is 10.6 Å². The number of rotatable bonds is 12. The van der Waals surface area contributed by atoms with E-state index in [1.54, 1.807) is 71.0 Å². The molecule has 1 fully saturated rings. The van der Waals surface area contributed by atoms with Crippen molar-refractivity contribution in [2.24, 2.45) is 5.41 Å². The van der Waals surface area contributed by atoms with Gasteiger partial charge in [0.15, 0.2) is 5.60 Å². The number of hydrogen-bond donors (Lipinski definition) is 2. The molecule has 0 aliphatic heterocycles. The minimum absolute atomic E-state index is 0.0774. The Hall–Kier alpha value is -3.79. The van der Waals surface area contributed by atoms with Gasteiger partial charge >= 0.3 is 18.0 Å². The number of esters is 2. The second-order valence-electron chi connectivity index (χ2n) is 12.1. The molecule has 1 saturated carbocycles. The number of alkyl carbamates (subject to hydrolysis) is 1. The van der Waals surface area contributed by atoms with E-state index < -0.39 is 41.4 Å². The van der Waals surface area contributed by atoms with Crippen LogP contribution in [0.3, 0.4) is 0 Å². The third-order valence-electron chi connectivity index (χ3n) is 6.94. The van der Waals surface area contributed by atoms with Crippen molar-refractivity contribution in [1.29, 1.82) is 0 Å². The molecule has 0 unspecified atom stereocenters. The highest BCUT2D eigenvalue weighted by molar-refractivity contribution is 6.30. The van der Waals surface area contributed by atoms with E-state index in [4.69, 9.17) is 30.5 Å². The van der Waals surface area contributed by atoms with Crippen molar-refractivity contribution in [2.75, 3.05) is 19.9 Å². The largest absolute Gasteiger partial charge is 0.476 e. The molecule has 43 heavy (non-hydrogen) atoms. The fraction of sp³-hybridized carbons (Fsp3) is 0.500. The van der Waals surface area contributed by atoms with Crippen LogP contribution in [0.25, 0.3) is 0 Å². The second-order valence-corrected chi connectivity index (χ2v) is 12.5. The van der Waals surface area contributed by atoms with E-state index in [1.807, 2.05) is 12.1 Å². The summed E-state index contributed by atoms with van der Waals surface area (Å²) in [5, 5.41) is 6.10. The van der Waals surface area contributed by atoms with Crippen LogP contribution in [-0.2, 0) is 30.2 Å². The lowest BCUT2D eigenvalue weighted by atomic mass is 9.86. The van der Waals surface area contributed by atoms with Gasteiger partial charge in [0.05, 0.1) is 5.41 Å². The van der Waals surface area contributed by atoms with E-state index in [9.17, 15) is 19.2 Å². The second kappa shape index (κ2) is 14.6. The van der Waals surface area contributed by atoms with Gasteiger partial charge in [-0.25, -0.2) is 9.59 Å². The number of halogens is 1. The molecule has 2 aromatic rings. The smallest absolute Gasteiger partial charge is 0.407 e. The maximum atomic E-state index is 13.0. The lowest BCUT2D eigenvalue weighted by Crippen LogP contribution is -2.44. The van der Waals surface area contributed by atoms with Gasteiger partial charge in [-0.1, -0.05) is 36.6 Å². The van der Waals surface area contributed by atoms with Crippen molar-refractivity contribution in [2.45, 2.75) is 77.9 Å². The Morgan fingerprint density at radius 1 is 0.860 bits per heavy atom. The summed E-state index contributed by atoms with van der Waals surface area (Å²) in [5.74, 6) is -0.973. The first-order chi connectivity index (χ1) is 20.2. The highest BCUT2D eigenvalue weighted by atomic mass is 35.5. The van der Waals surface area contributed by atoms with Crippen LogP contribution in [0.5, 0.6) is 5.75 Å². The van der Waals surface area contributed by atoms with Crippen LogP contribution in [0.15, 0.2) is 48.5 Å². The van der Waals surface area contributed by atoms with Gasteiger partial charge in [0.25, 0.3) is 5.91 Å². The number of ether oxygens (including phenoxy) is 4. The van der Waals surface area contributed by atoms with Crippen LogP contribution < -0.4 is 15.4 Å². The van der Waals surface area contributed by atoms with Crippen LogP contribution in [0, 0.1) is 5.41 Å². The zero-order valence-electron chi connectivity index (χ0n) is 25.4. The maximum Gasteiger partial charge on any atom is 0.407 e. The molecule has 10 nitrogen and oxygen atoms in total. The van der Waals surface area contributed by atoms with Crippen LogP contribution in [0.2, 0.25) is 5.02 Å². The SMILES string of the molecule is CC(C)(C)OC(=O)NCC1(C(=O)OCOC(=O)C(C)(C)Oc2ccc(CCNC(=O)c3ccc(Cl)cc3)cc2)CCCC1. The molecule has 0 atom stereocenters. The van der Waals surface area contributed by atoms with E-state index >= 15 is 0 Å². The highest BCUT2D eigenvalue weighted by Gasteiger charge is 2.43. The topological polar surface area (TPSA) is 129 Å². The van der Waals surface area contributed by atoms with Gasteiger partial charge in [0.2, 0.25) is 6.79 Å².